The lowest BCUT2D eigenvalue weighted by atomic mass is 9.95. The summed E-state index contributed by atoms with van der Waals surface area (Å²) >= 11 is 6.97. The van der Waals surface area contributed by atoms with Gasteiger partial charge in [0.15, 0.2) is 6.61 Å². The quantitative estimate of drug-likeness (QED) is 0.395. The summed E-state index contributed by atoms with van der Waals surface area (Å²) in [6.45, 7) is 4.08. The van der Waals surface area contributed by atoms with Crippen LogP contribution in [0, 0.1) is 0 Å². The first-order chi connectivity index (χ1) is 15.9. The molecule has 0 radical (unpaired) electrons. The molecule has 0 aromatic heterocycles. The van der Waals surface area contributed by atoms with Gasteiger partial charge in [-0.3, -0.25) is 9.59 Å². The van der Waals surface area contributed by atoms with Crippen LogP contribution in [0.5, 0.6) is 5.75 Å². The highest BCUT2D eigenvalue weighted by molar-refractivity contribution is 9.10. The normalized spacial score (nSPS) is 15.0. The largest absolute Gasteiger partial charge is 0.483 e. The Labute approximate surface area is 213 Å². The zero-order valence-electron chi connectivity index (χ0n) is 19.3. The average molecular weight is 580 g/mol. The van der Waals surface area contributed by atoms with E-state index in [-0.39, 0.29) is 24.5 Å². The number of aryl methyl sites for hydroxylation is 1. The third-order valence-corrected chi connectivity index (χ3v) is 7.29. The molecule has 2 amide bonds. The number of halogens is 2. The monoisotopic (exact) mass is 578 g/mol. The van der Waals surface area contributed by atoms with E-state index in [1.807, 2.05) is 42.5 Å². The lowest BCUT2D eigenvalue weighted by molar-refractivity contribution is -0.142. The highest BCUT2D eigenvalue weighted by Crippen LogP contribution is 2.26. The summed E-state index contributed by atoms with van der Waals surface area (Å²) in [6, 6.07) is 13.2. The Morgan fingerprint density at radius 3 is 2.36 bits per heavy atom. The predicted octanol–water partition coefficient (Wildman–Crippen LogP) is 6.02. The molecule has 1 atom stereocenters. The summed E-state index contributed by atoms with van der Waals surface area (Å²) in [4.78, 5) is 27.9. The molecule has 178 valence electrons. The van der Waals surface area contributed by atoms with Gasteiger partial charge in [-0.2, -0.15) is 0 Å². The van der Waals surface area contributed by atoms with Crippen molar-refractivity contribution in [3.8, 4) is 5.75 Å². The number of carbonyl (C=O) groups excluding carboxylic acids is 2. The van der Waals surface area contributed by atoms with Crippen LogP contribution in [0.15, 0.2) is 51.4 Å². The van der Waals surface area contributed by atoms with E-state index in [0.717, 1.165) is 46.6 Å². The summed E-state index contributed by atoms with van der Waals surface area (Å²) in [6.07, 6.45) is 6.43. The molecule has 0 unspecified atom stereocenters. The minimum absolute atomic E-state index is 0.110. The lowest BCUT2D eigenvalue weighted by Crippen LogP contribution is -2.51. The van der Waals surface area contributed by atoms with Crippen LogP contribution in [0.3, 0.4) is 0 Å². The molecule has 0 aliphatic heterocycles. The molecule has 7 heteroatoms. The molecular weight excluding hydrogens is 548 g/mol. The van der Waals surface area contributed by atoms with Gasteiger partial charge in [-0.15, -0.1) is 0 Å². The molecule has 3 rings (SSSR count). The van der Waals surface area contributed by atoms with E-state index in [1.54, 1.807) is 11.8 Å². The van der Waals surface area contributed by atoms with Crippen molar-refractivity contribution in [1.82, 2.24) is 10.2 Å². The third kappa shape index (κ3) is 7.57. The van der Waals surface area contributed by atoms with Crippen LogP contribution in [0.2, 0.25) is 0 Å². The number of benzene rings is 2. The summed E-state index contributed by atoms with van der Waals surface area (Å²) in [7, 11) is 0. The Hall–Kier alpha value is -1.86. The fourth-order valence-electron chi connectivity index (χ4n) is 4.04. The maximum absolute atomic E-state index is 13.3. The summed E-state index contributed by atoms with van der Waals surface area (Å²) in [5.74, 6) is 0.278. The highest BCUT2D eigenvalue weighted by Gasteiger charge is 2.28. The molecule has 33 heavy (non-hydrogen) atoms. The Bertz CT molecular complexity index is 943. The van der Waals surface area contributed by atoms with Gasteiger partial charge in [0.1, 0.15) is 11.8 Å². The second kappa shape index (κ2) is 12.6. The van der Waals surface area contributed by atoms with E-state index in [4.69, 9.17) is 4.74 Å². The Kier molecular flexibility index (Phi) is 9.80. The van der Waals surface area contributed by atoms with Crippen LogP contribution in [0.1, 0.15) is 57.1 Å². The van der Waals surface area contributed by atoms with Crippen molar-refractivity contribution in [2.24, 2.45) is 0 Å². The molecule has 1 aliphatic rings. The smallest absolute Gasteiger partial charge is 0.261 e. The van der Waals surface area contributed by atoms with E-state index in [2.05, 4.69) is 44.1 Å². The van der Waals surface area contributed by atoms with Crippen LogP contribution < -0.4 is 10.1 Å². The Morgan fingerprint density at radius 2 is 1.73 bits per heavy atom. The minimum Gasteiger partial charge on any atom is -0.483 e. The van der Waals surface area contributed by atoms with Crippen molar-refractivity contribution in [2.45, 2.75) is 71.0 Å². The number of ether oxygens (including phenoxy) is 1. The molecule has 2 aromatic carbocycles. The predicted molar refractivity (Wildman–Crippen MR) is 138 cm³/mol. The zero-order valence-corrected chi connectivity index (χ0v) is 22.5. The SMILES string of the molecule is CCc1ccc(OCC(=O)N(Cc2ccc(Br)cc2)[C@@H](C)C(=O)NC2CCCCC2)c(Br)c1. The standard InChI is InChI=1S/C26H32Br2N2O3/c1-3-19-11-14-24(23(28)15-19)33-17-25(31)30(16-20-9-12-21(27)13-10-20)18(2)26(32)29-22-7-5-4-6-8-22/h9-15,18,22H,3-8,16-17H2,1-2H3,(H,29,32)/t18-/m0/s1. The van der Waals surface area contributed by atoms with Gasteiger partial charge in [0.25, 0.3) is 5.91 Å². The lowest BCUT2D eigenvalue weighted by Gasteiger charge is -2.31. The van der Waals surface area contributed by atoms with E-state index < -0.39 is 6.04 Å². The molecule has 1 N–H and O–H groups in total. The molecule has 1 aliphatic carbocycles. The molecule has 0 spiro atoms. The van der Waals surface area contributed by atoms with Gasteiger partial charge in [-0.1, -0.05) is 60.3 Å². The fraction of sp³-hybridized carbons (Fsp3) is 0.462. The Morgan fingerprint density at radius 1 is 1.06 bits per heavy atom. The van der Waals surface area contributed by atoms with Gasteiger partial charge in [0.2, 0.25) is 5.91 Å². The summed E-state index contributed by atoms with van der Waals surface area (Å²) < 4.78 is 7.62. The number of hydrogen-bond acceptors (Lipinski definition) is 3. The number of rotatable bonds is 9. The molecule has 2 aromatic rings. The molecule has 0 saturated heterocycles. The fourth-order valence-corrected chi connectivity index (χ4v) is 4.85. The summed E-state index contributed by atoms with van der Waals surface area (Å²) in [5, 5.41) is 3.16. The number of nitrogens with one attached hydrogen (secondary N) is 1. The summed E-state index contributed by atoms with van der Waals surface area (Å²) in [5.41, 5.74) is 2.14. The molecule has 5 nitrogen and oxygen atoms in total. The molecule has 0 bridgehead atoms. The molecule has 0 heterocycles. The van der Waals surface area contributed by atoms with Gasteiger partial charge in [0.05, 0.1) is 4.47 Å². The topological polar surface area (TPSA) is 58.6 Å². The van der Waals surface area contributed by atoms with Gasteiger partial charge in [-0.05, 0) is 77.5 Å². The van der Waals surface area contributed by atoms with Crippen molar-refractivity contribution < 1.29 is 14.3 Å². The van der Waals surface area contributed by atoms with Gasteiger partial charge < -0.3 is 15.0 Å². The van der Waals surface area contributed by atoms with Crippen LogP contribution in [0.4, 0.5) is 0 Å². The first-order valence-corrected chi connectivity index (χ1v) is 13.2. The Balaban J connectivity index is 1.71. The van der Waals surface area contributed by atoms with Crippen molar-refractivity contribution in [1.29, 1.82) is 0 Å². The van der Waals surface area contributed by atoms with Crippen molar-refractivity contribution in [2.75, 3.05) is 6.61 Å². The number of carbonyl (C=O) groups is 2. The second-order valence-electron chi connectivity index (χ2n) is 8.57. The van der Waals surface area contributed by atoms with Crippen LogP contribution in [0.25, 0.3) is 0 Å². The van der Waals surface area contributed by atoms with Crippen molar-refractivity contribution >= 4 is 43.7 Å². The maximum Gasteiger partial charge on any atom is 0.261 e. The number of nitrogens with zero attached hydrogens (tertiary/aromatic N) is 1. The van der Waals surface area contributed by atoms with Gasteiger partial charge in [-0.25, -0.2) is 0 Å². The zero-order chi connectivity index (χ0) is 23.8. The van der Waals surface area contributed by atoms with E-state index >= 15 is 0 Å². The van der Waals surface area contributed by atoms with E-state index in [0.29, 0.717) is 12.3 Å². The highest BCUT2D eigenvalue weighted by atomic mass is 79.9. The van der Waals surface area contributed by atoms with Gasteiger partial charge >= 0.3 is 0 Å². The second-order valence-corrected chi connectivity index (χ2v) is 10.3. The maximum atomic E-state index is 13.3. The first kappa shape index (κ1) is 25.8. The average Bonchev–Trinajstić information content (AvgIpc) is 2.82. The molecule has 1 saturated carbocycles. The molecular formula is C26H32Br2N2O3. The van der Waals surface area contributed by atoms with E-state index in [1.165, 1.54) is 12.0 Å². The van der Waals surface area contributed by atoms with Crippen LogP contribution >= 0.6 is 31.9 Å². The number of hydrogen-bond donors (Lipinski definition) is 1. The third-order valence-electron chi connectivity index (χ3n) is 6.14. The minimum atomic E-state index is -0.599. The van der Waals surface area contributed by atoms with Crippen molar-refractivity contribution in [3.63, 3.8) is 0 Å². The molecule has 1 fully saturated rings. The van der Waals surface area contributed by atoms with Crippen LogP contribution in [-0.2, 0) is 22.6 Å². The first-order valence-electron chi connectivity index (χ1n) is 11.6. The van der Waals surface area contributed by atoms with Crippen molar-refractivity contribution in [3.05, 3.63) is 62.5 Å². The van der Waals surface area contributed by atoms with Crippen LogP contribution in [-0.4, -0.2) is 35.4 Å². The number of amides is 2. The van der Waals surface area contributed by atoms with Gasteiger partial charge in [0, 0.05) is 17.1 Å². The van der Waals surface area contributed by atoms with E-state index in [9.17, 15) is 9.59 Å².